The molecule has 27 heavy (non-hydrogen) atoms. The molecule has 4 nitrogen and oxygen atoms in total. The van der Waals surface area contributed by atoms with Gasteiger partial charge in [-0.15, -0.1) is 0 Å². The van der Waals surface area contributed by atoms with Crippen molar-refractivity contribution in [3.8, 4) is 0 Å². The monoisotopic (exact) mass is 360 g/mol. The first kappa shape index (κ1) is 15.9. The van der Waals surface area contributed by atoms with E-state index in [2.05, 4.69) is 40.5 Å². The second kappa shape index (κ2) is 6.22. The molecule has 1 aromatic heterocycles. The minimum Gasteiger partial charge on any atom is -0.351 e. The van der Waals surface area contributed by atoms with E-state index >= 15 is 0 Å². The normalized spacial score (nSPS) is 27.0. The molecule has 0 radical (unpaired) electrons. The maximum absolute atomic E-state index is 5.02. The molecule has 4 aliphatic rings. The lowest BCUT2D eigenvalue weighted by Crippen LogP contribution is -2.29. The third-order valence-electron chi connectivity index (χ3n) is 7.06. The molecule has 1 saturated heterocycles. The molecule has 2 saturated carbocycles. The van der Waals surface area contributed by atoms with Crippen molar-refractivity contribution >= 4 is 11.8 Å². The van der Waals surface area contributed by atoms with E-state index in [-0.39, 0.29) is 0 Å². The van der Waals surface area contributed by atoms with Crippen LogP contribution in [0.5, 0.6) is 0 Å². The average Bonchev–Trinajstić information content (AvgIpc) is 3.39. The van der Waals surface area contributed by atoms with Crippen LogP contribution < -0.4 is 10.2 Å². The summed E-state index contributed by atoms with van der Waals surface area (Å²) < 4.78 is 0. The van der Waals surface area contributed by atoms with Gasteiger partial charge < -0.3 is 10.2 Å². The van der Waals surface area contributed by atoms with Crippen LogP contribution in [0, 0.1) is 0 Å². The van der Waals surface area contributed by atoms with E-state index in [1.165, 1.54) is 62.6 Å². The Morgan fingerprint density at radius 1 is 0.889 bits per heavy atom. The van der Waals surface area contributed by atoms with Gasteiger partial charge >= 0.3 is 0 Å². The highest BCUT2D eigenvalue weighted by atomic mass is 15.3. The van der Waals surface area contributed by atoms with E-state index in [4.69, 9.17) is 9.97 Å². The fraction of sp³-hybridized carbons (Fsp3) is 0.565. The van der Waals surface area contributed by atoms with Crippen molar-refractivity contribution in [2.45, 2.75) is 75.3 Å². The Bertz CT molecular complexity index is 853. The van der Waals surface area contributed by atoms with Gasteiger partial charge in [0.05, 0.1) is 11.7 Å². The summed E-state index contributed by atoms with van der Waals surface area (Å²) in [4.78, 5) is 12.5. The first-order valence-electron chi connectivity index (χ1n) is 10.9. The van der Waals surface area contributed by atoms with Gasteiger partial charge in [-0.3, -0.25) is 0 Å². The van der Waals surface area contributed by atoms with Gasteiger partial charge in [-0.25, -0.2) is 4.98 Å². The lowest BCUT2D eigenvalue weighted by atomic mass is 9.96. The zero-order valence-corrected chi connectivity index (χ0v) is 15.9. The van der Waals surface area contributed by atoms with Crippen molar-refractivity contribution in [1.82, 2.24) is 9.97 Å². The molecule has 1 aromatic carbocycles. The van der Waals surface area contributed by atoms with E-state index < -0.39 is 0 Å². The second-order valence-electron chi connectivity index (χ2n) is 8.96. The SMILES string of the molecule is c1ccc2c(c1)[C@H]1C[C@H]2N(c2cc(C3CC3)nc(NC3CCCCC3)n2)C1. The Hall–Kier alpha value is -2.10. The fourth-order valence-electron chi connectivity index (χ4n) is 5.48. The summed E-state index contributed by atoms with van der Waals surface area (Å²) in [7, 11) is 0. The van der Waals surface area contributed by atoms with E-state index in [0.29, 0.717) is 23.9 Å². The molecule has 0 unspecified atom stereocenters. The second-order valence-corrected chi connectivity index (χ2v) is 8.96. The number of hydrogen-bond acceptors (Lipinski definition) is 4. The summed E-state index contributed by atoms with van der Waals surface area (Å²) in [5.41, 5.74) is 4.34. The maximum Gasteiger partial charge on any atom is 0.225 e. The van der Waals surface area contributed by atoms with Gasteiger partial charge in [0.2, 0.25) is 5.95 Å². The molecule has 0 spiro atoms. The van der Waals surface area contributed by atoms with Gasteiger partial charge in [0.25, 0.3) is 0 Å². The topological polar surface area (TPSA) is 41.1 Å². The average molecular weight is 361 g/mol. The van der Waals surface area contributed by atoms with Crippen molar-refractivity contribution in [3.05, 3.63) is 47.2 Å². The molecule has 1 aliphatic heterocycles. The first-order valence-corrected chi connectivity index (χ1v) is 10.9. The van der Waals surface area contributed by atoms with Crippen LogP contribution in [0.1, 0.15) is 86.1 Å². The van der Waals surface area contributed by atoms with E-state index in [0.717, 1.165) is 18.3 Å². The Morgan fingerprint density at radius 3 is 2.52 bits per heavy atom. The van der Waals surface area contributed by atoms with Gasteiger partial charge in [0.1, 0.15) is 5.82 Å². The smallest absolute Gasteiger partial charge is 0.225 e. The summed E-state index contributed by atoms with van der Waals surface area (Å²) in [6, 6.07) is 12.3. The minimum absolute atomic E-state index is 0.496. The zero-order valence-electron chi connectivity index (χ0n) is 15.9. The number of fused-ring (bicyclic) bond motifs is 5. The Balaban J connectivity index is 1.32. The van der Waals surface area contributed by atoms with E-state index in [1.54, 1.807) is 5.56 Å². The van der Waals surface area contributed by atoms with Gasteiger partial charge in [-0.05, 0) is 43.2 Å². The molecule has 140 valence electrons. The van der Waals surface area contributed by atoms with Gasteiger partial charge in [0, 0.05) is 30.5 Å². The van der Waals surface area contributed by atoms with Gasteiger partial charge in [-0.2, -0.15) is 4.98 Å². The minimum atomic E-state index is 0.496. The highest BCUT2D eigenvalue weighted by molar-refractivity contribution is 5.55. The summed E-state index contributed by atoms with van der Waals surface area (Å²) in [6.07, 6.45) is 10.4. The number of anilines is 2. The number of nitrogens with zero attached hydrogens (tertiary/aromatic N) is 3. The predicted octanol–water partition coefficient (Wildman–Crippen LogP) is 5.15. The van der Waals surface area contributed by atoms with Crippen LogP contribution in [0.4, 0.5) is 11.8 Å². The Morgan fingerprint density at radius 2 is 1.70 bits per heavy atom. The molecule has 4 heteroatoms. The Kier molecular flexibility index (Phi) is 3.66. The summed E-state index contributed by atoms with van der Waals surface area (Å²) >= 11 is 0. The quantitative estimate of drug-likeness (QED) is 0.819. The summed E-state index contributed by atoms with van der Waals surface area (Å²) in [5.74, 6) is 3.34. The molecule has 3 aliphatic carbocycles. The molecule has 2 bridgehead atoms. The maximum atomic E-state index is 5.02. The van der Waals surface area contributed by atoms with Crippen LogP contribution in [0.3, 0.4) is 0 Å². The van der Waals surface area contributed by atoms with Gasteiger partial charge in [-0.1, -0.05) is 43.5 Å². The standard InChI is InChI=1S/C23H28N4/c1-2-6-17(7-3-1)24-23-25-20(15-10-11-15)13-22(26-23)27-14-16-12-21(27)19-9-5-4-8-18(16)19/h4-5,8-9,13,15-17,21H,1-3,6-7,10-12,14H2,(H,24,25,26)/t16-,21+/m0/s1. The van der Waals surface area contributed by atoms with Crippen LogP contribution in [0.2, 0.25) is 0 Å². The van der Waals surface area contributed by atoms with Crippen molar-refractivity contribution in [2.24, 2.45) is 0 Å². The first-order chi connectivity index (χ1) is 13.3. The molecule has 1 N–H and O–H groups in total. The molecular weight excluding hydrogens is 332 g/mol. The van der Waals surface area contributed by atoms with Crippen molar-refractivity contribution < 1.29 is 0 Å². The molecule has 0 amide bonds. The predicted molar refractivity (Wildman–Crippen MR) is 108 cm³/mol. The molecule has 6 rings (SSSR count). The lowest BCUT2D eigenvalue weighted by molar-refractivity contribution is 0.460. The highest BCUT2D eigenvalue weighted by Gasteiger charge is 2.43. The number of aromatic nitrogens is 2. The number of benzene rings is 1. The summed E-state index contributed by atoms with van der Waals surface area (Å²) in [5, 5.41) is 3.68. The van der Waals surface area contributed by atoms with Crippen molar-refractivity contribution in [3.63, 3.8) is 0 Å². The van der Waals surface area contributed by atoms with Crippen LogP contribution >= 0.6 is 0 Å². The largest absolute Gasteiger partial charge is 0.351 e. The molecule has 2 atom stereocenters. The van der Waals surface area contributed by atoms with Crippen molar-refractivity contribution in [1.29, 1.82) is 0 Å². The highest BCUT2D eigenvalue weighted by Crippen LogP contribution is 2.51. The van der Waals surface area contributed by atoms with Crippen LogP contribution in [-0.2, 0) is 0 Å². The summed E-state index contributed by atoms with van der Waals surface area (Å²) in [6.45, 7) is 1.10. The molecule has 3 fully saturated rings. The Labute approximate surface area is 161 Å². The lowest BCUT2D eigenvalue weighted by Gasteiger charge is -2.31. The van der Waals surface area contributed by atoms with E-state index in [9.17, 15) is 0 Å². The third kappa shape index (κ3) is 2.81. The zero-order chi connectivity index (χ0) is 17.8. The molecule has 2 aromatic rings. The van der Waals surface area contributed by atoms with Crippen LogP contribution in [-0.4, -0.2) is 22.6 Å². The number of rotatable bonds is 4. The van der Waals surface area contributed by atoms with Crippen molar-refractivity contribution in [2.75, 3.05) is 16.8 Å². The number of nitrogens with one attached hydrogen (secondary N) is 1. The molecular formula is C23H28N4. The van der Waals surface area contributed by atoms with Crippen LogP contribution in [0.25, 0.3) is 0 Å². The third-order valence-corrected chi connectivity index (χ3v) is 7.06. The van der Waals surface area contributed by atoms with Gasteiger partial charge in [0.15, 0.2) is 0 Å². The molecule has 2 heterocycles. The number of hydrogen-bond donors (Lipinski definition) is 1. The fourth-order valence-corrected chi connectivity index (χ4v) is 5.48. The van der Waals surface area contributed by atoms with Crippen LogP contribution in [0.15, 0.2) is 30.3 Å². The van der Waals surface area contributed by atoms with E-state index in [1.807, 2.05) is 0 Å².